The molecule has 3 aromatic carbocycles. The van der Waals surface area contributed by atoms with E-state index in [1.54, 1.807) is 48.5 Å². The molecule has 0 spiro atoms. The Balaban J connectivity index is 1.93. The highest BCUT2D eigenvalue weighted by molar-refractivity contribution is 7.89. The van der Waals surface area contributed by atoms with Crippen molar-refractivity contribution >= 4 is 56.4 Å². The Labute approximate surface area is 203 Å². The van der Waals surface area contributed by atoms with Crippen molar-refractivity contribution in [3.63, 3.8) is 0 Å². The van der Waals surface area contributed by atoms with E-state index in [0.29, 0.717) is 26.3 Å². The predicted molar refractivity (Wildman–Crippen MR) is 130 cm³/mol. The monoisotopic (exact) mass is 510 g/mol. The van der Waals surface area contributed by atoms with Gasteiger partial charge in [0.25, 0.3) is 0 Å². The van der Waals surface area contributed by atoms with E-state index in [-0.39, 0.29) is 11.4 Å². The molecule has 32 heavy (non-hydrogen) atoms. The lowest BCUT2D eigenvalue weighted by molar-refractivity contribution is -0.116. The van der Waals surface area contributed by atoms with Gasteiger partial charge in [-0.1, -0.05) is 64.6 Å². The Morgan fingerprint density at radius 3 is 2.12 bits per heavy atom. The molecule has 9 heteroatoms. The predicted octanol–water partition coefficient (Wildman–Crippen LogP) is 6.09. The van der Waals surface area contributed by atoms with E-state index in [0.717, 1.165) is 15.4 Å². The van der Waals surface area contributed by atoms with Crippen LogP contribution in [0.4, 0.5) is 5.69 Å². The fourth-order valence-corrected chi connectivity index (χ4v) is 5.04. The summed E-state index contributed by atoms with van der Waals surface area (Å²) >= 11 is 18.7. The van der Waals surface area contributed by atoms with Crippen LogP contribution in [0.2, 0.25) is 15.1 Å². The Kier molecular flexibility index (Phi) is 7.85. The lowest BCUT2D eigenvalue weighted by atomic mass is 10.2. The van der Waals surface area contributed by atoms with Crippen LogP contribution < -0.4 is 5.32 Å². The van der Waals surface area contributed by atoms with Gasteiger partial charge in [-0.2, -0.15) is 4.31 Å². The van der Waals surface area contributed by atoms with Crippen molar-refractivity contribution in [2.45, 2.75) is 25.3 Å². The summed E-state index contributed by atoms with van der Waals surface area (Å²) in [6, 6.07) is 16.4. The summed E-state index contributed by atoms with van der Waals surface area (Å²) in [4.78, 5) is 12.9. The smallest absolute Gasteiger partial charge is 0.243 e. The quantitative estimate of drug-likeness (QED) is 0.417. The SMILES string of the molecule is Cc1ccc(S(=O)(=O)N(CC(=O)Nc2ccc(C)c(Cl)c2)Cc2c(Cl)cccc2Cl)cc1. The molecular weight excluding hydrogens is 491 g/mol. The normalized spacial score (nSPS) is 11.6. The summed E-state index contributed by atoms with van der Waals surface area (Å²) in [5.74, 6) is -0.524. The first kappa shape index (κ1) is 24.6. The average Bonchev–Trinajstić information content (AvgIpc) is 2.73. The number of hydrogen-bond acceptors (Lipinski definition) is 3. The second kappa shape index (κ2) is 10.2. The number of carbonyl (C=O) groups excluding carboxylic acids is 1. The zero-order valence-electron chi connectivity index (χ0n) is 17.4. The molecule has 3 rings (SSSR count). The van der Waals surface area contributed by atoms with Crippen molar-refractivity contribution in [1.29, 1.82) is 0 Å². The van der Waals surface area contributed by atoms with Gasteiger partial charge in [-0.3, -0.25) is 4.79 Å². The van der Waals surface area contributed by atoms with Crippen LogP contribution in [0.5, 0.6) is 0 Å². The van der Waals surface area contributed by atoms with Crippen molar-refractivity contribution < 1.29 is 13.2 Å². The van der Waals surface area contributed by atoms with E-state index in [1.807, 2.05) is 13.8 Å². The molecule has 0 aliphatic rings. The molecule has 0 aromatic heterocycles. The fraction of sp³-hybridized carbons (Fsp3) is 0.174. The highest BCUT2D eigenvalue weighted by Crippen LogP contribution is 2.28. The molecule has 0 heterocycles. The number of aryl methyl sites for hydroxylation is 2. The zero-order valence-corrected chi connectivity index (χ0v) is 20.5. The van der Waals surface area contributed by atoms with E-state index in [2.05, 4.69) is 5.32 Å². The maximum absolute atomic E-state index is 13.4. The van der Waals surface area contributed by atoms with E-state index in [9.17, 15) is 13.2 Å². The first-order valence-electron chi connectivity index (χ1n) is 9.63. The molecule has 0 fully saturated rings. The molecule has 0 atom stereocenters. The average molecular weight is 512 g/mol. The molecule has 0 radical (unpaired) electrons. The number of anilines is 1. The van der Waals surface area contributed by atoms with Crippen LogP contribution in [0.15, 0.2) is 65.6 Å². The minimum atomic E-state index is -4.02. The summed E-state index contributed by atoms with van der Waals surface area (Å²) in [5, 5.41) is 3.81. The van der Waals surface area contributed by atoms with E-state index in [4.69, 9.17) is 34.8 Å². The topological polar surface area (TPSA) is 66.5 Å². The van der Waals surface area contributed by atoms with E-state index < -0.39 is 22.5 Å². The third kappa shape index (κ3) is 5.82. The van der Waals surface area contributed by atoms with Crippen LogP contribution in [0.1, 0.15) is 16.7 Å². The summed E-state index contributed by atoms with van der Waals surface area (Å²) in [5.41, 5.74) is 2.66. The van der Waals surface area contributed by atoms with Crippen molar-refractivity contribution in [3.05, 3.63) is 92.4 Å². The maximum Gasteiger partial charge on any atom is 0.243 e. The van der Waals surface area contributed by atoms with Crippen LogP contribution in [-0.4, -0.2) is 25.2 Å². The van der Waals surface area contributed by atoms with E-state index >= 15 is 0 Å². The number of halogens is 3. The summed E-state index contributed by atoms with van der Waals surface area (Å²) in [6.45, 7) is 3.09. The Morgan fingerprint density at radius 1 is 0.906 bits per heavy atom. The molecule has 0 aliphatic heterocycles. The molecular formula is C23H21Cl3N2O3S. The molecule has 5 nitrogen and oxygen atoms in total. The van der Waals surface area contributed by atoms with Gasteiger partial charge in [0, 0.05) is 32.9 Å². The second-order valence-electron chi connectivity index (χ2n) is 7.30. The summed E-state index contributed by atoms with van der Waals surface area (Å²) < 4.78 is 27.8. The lowest BCUT2D eigenvalue weighted by Gasteiger charge is -2.23. The number of nitrogens with zero attached hydrogens (tertiary/aromatic N) is 1. The Morgan fingerprint density at radius 2 is 1.53 bits per heavy atom. The van der Waals surface area contributed by atoms with Gasteiger partial charge in [-0.25, -0.2) is 8.42 Å². The molecule has 0 aliphatic carbocycles. The zero-order chi connectivity index (χ0) is 23.5. The highest BCUT2D eigenvalue weighted by atomic mass is 35.5. The molecule has 0 bridgehead atoms. The maximum atomic E-state index is 13.4. The van der Waals surface area contributed by atoms with Crippen LogP contribution in [0.25, 0.3) is 0 Å². The number of carbonyl (C=O) groups is 1. The number of nitrogens with one attached hydrogen (secondary N) is 1. The third-order valence-corrected chi connectivity index (χ3v) is 7.75. The minimum absolute atomic E-state index is 0.0671. The van der Waals surface area contributed by atoms with Crippen molar-refractivity contribution in [3.8, 4) is 0 Å². The van der Waals surface area contributed by atoms with Crippen molar-refractivity contribution in [2.75, 3.05) is 11.9 Å². The standard InChI is InChI=1S/C23H21Cl3N2O3S/c1-15-6-10-18(11-7-15)32(30,31)28(13-19-20(24)4-3-5-21(19)25)14-23(29)27-17-9-8-16(2)22(26)12-17/h3-12H,13-14H2,1-2H3,(H,27,29). The van der Waals surface area contributed by atoms with Crippen LogP contribution >= 0.6 is 34.8 Å². The van der Waals surface area contributed by atoms with Crippen molar-refractivity contribution in [1.82, 2.24) is 4.31 Å². The number of rotatable bonds is 7. The number of benzene rings is 3. The first-order chi connectivity index (χ1) is 15.1. The van der Waals surface area contributed by atoms with Crippen LogP contribution in [-0.2, 0) is 21.4 Å². The Bertz CT molecular complexity index is 1230. The van der Waals surface area contributed by atoms with Crippen molar-refractivity contribution in [2.24, 2.45) is 0 Å². The van der Waals surface area contributed by atoms with Gasteiger partial charge in [0.2, 0.25) is 15.9 Å². The van der Waals surface area contributed by atoms with Gasteiger partial charge in [-0.05, 0) is 55.8 Å². The molecule has 3 aromatic rings. The van der Waals surface area contributed by atoms with Gasteiger partial charge < -0.3 is 5.32 Å². The largest absolute Gasteiger partial charge is 0.325 e. The minimum Gasteiger partial charge on any atom is -0.325 e. The fourth-order valence-electron chi connectivity index (χ4n) is 2.98. The highest BCUT2D eigenvalue weighted by Gasteiger charge is 2.28. The Hall–Kier alpha value is -2.09. The summed E-state index contributed by atoms with van der Waals surface area (Å²) in [7, 11) is -4.02. The van der Waals surface area contributed by atoms with Gasteiger partial charge in [0.15, 0.2) is 0 Å². The third-order valence-electron chi connectivity index (χ3n) is 4.83. The van der Waals surface area contributed by atoms with Gasteiger partial charge in [0.1, 0.15) is 0 Å². The summed E-state index contributed by atoms with van der Waals surface area (Å²) in [6.07, 6.45) is 0. The second-order valence-corrected chi connectivity index (χ2v) is 10.5. The van der Waals surface area contributed by atoms with Crippen LogP contribution in [0, 0.1) is 13.8 Å². The first-order valence-corrected chi connectivity index (χ1v) is 12.2. The molecule has 168 valence electrons. The molecule has 1 amide bonds. The number of sulfonamides is 1. The number of hydrogen-bond donors (Lipinski definition) is 1. The molecule has 0 unspecified atom stereocenters. The van der Waals surface area contributed by atoms with Crippen LogP contribution in [0.3, 0.4) is 0 Å². The molecule has 0 saturated heterocycles. The van der Waals surface area contributed by atoms with Gasteiger partial charge >= 0.3 is 0 Å². The van der Waals surface area contributed by atoms with Gasteiger partial charge in [0.05, 0.1) is 11.4 Å². The molecule has 1 N–H and O–H groups in total. The lowest BCUT2D eigenvalue weighted by Crippen LogP contribution is -2.37. The van der Waals surface area contributed by atoms with E-state index in [1.165, 1.54) is 12.1 Å². The number of amides is 1. The molecule has 0 saturated carbocycles. The van der Waals surface area contributed by atoms with Gasteiger partial charge in [-0.15, -0.1) is 0 Å².